The van der Waals surface area contributed by atoms with Crippen LogP contribution in [0.3, 0.4) is 0 Å². The number of azo groups is 4. The van der Waals surface area contributed by atoms with E-state index in [1.807, 2.05) is 166 Å². The molecule has 0 aliphatic carbocycles. The predicted octanol–water partition coefficient (Wildman–Crippen LogP) is 20.4. The first-order valence-corrected chi connectivity index (χ1v) is 48.7. The number of thiazole rings is 2. The zero-order chi connectivity index (χ0) is 103. The number of aromatic amines is 2. The molecule has 0 radical (unpaired) electrons. The normalized spacial score (nSPS) is 11.7. The third kappa shape index (κ3) is 44.0. The van der Waals surface area contributed by atoms with E-state index in [0.717, 1.165) is 125 Å². The number of alkyl carbamates (subject to hydrolysis) is 2. The van der Waals surface area contributed by atoms with Gasteiger partial charge in [0, 0.05) is 126 Å². The number of benzene rings is 6. The maximum atomic E-state index is 12.3. The molecule has 6 amide bonds. The maximum absolute atomic E-state index is 12.3. The Kier molecular flexibility index (Phi) is 50.8. The molecule has 10 rings (SSSR count). The summed E-state index contributed by atoms with van der Waals surface area (Å²) in [6.45, 7) is 33.9. The van der Waals surface area contributed by atoms with Gasteiger partial charge in [0.15, 0.2) is 22.9 Å². The second-order valence-electron chi connectivity index (χ2n) is 33.6. The minimum absolute atomic E-state index is 0.0959. The summed E-state index contributed by atoms with van der Waals surface area (Å²) < 4.78 is 31.8. The van der Waals surface area contributed by atoms with Crippen molar-refractivity contribution in [3.8, 4) is 11.5 Å². The van der Waals surface area contributed by atoms with Crippen LogP contribution < -0.4 is 72.1 Å². The molecule has 2 atom stereocenters. The monoisotopic (exact) mass is 2030 g/mol. The molecule has 0 fully saturated rings. The molecule has 764 valence electrons. The Morgan fingerprint density at radius 1 is 0.437 bits per heavy atom. The molecule has 4 heterocycles. The average Bonchev–Trinajstić information content (AvgIpc) is 1.71. The number of carbonyl (C=O) groups is 6. The SMILES string of the molecule is CCN(CCO)c1ccc(N=Nc2ccc(OCCOC)cc2)cc1.CCN(CCO)c1ccc(N=Nc2nc(Cl)c(C=O)s2)cc1.CCN(CCOC(=O)NCCC(C)CC(C)(C)CNC(=O)Nc1nc(C)cc(=O)[nH]1)c1ccc(N=Nc2ccc(OCCOC)cc2)cc1.CCN(CCOC(=O)NCCC(C)CC(C)(C)CNC(=O)Nc1nc(C)cc(=O)[nH]1)c1ccc(N=Nc2nc(Cl)c(C=O)s2)cc1. The fourth-order valence-electron chi connectivity index (χ4n) is 13.9. The lowest BCUT2D eigenvalue weighted by Crippen LogP contribution is -2.38. The highest BCUT2D eigenvalue weighted by molar-refractivity contribution is 7.17. The largest absolute Gasteiger partial charge is 0.491 e. The highest BCUT2D eigenvalue weighted by Crippen LogP contribution is 2.34. The molecule has 0 spiro atoms. The molecule has 0 aliphatic rings. The van der Waals surface area contributed by atoms with Gasteiger partial charge in [0.1, 0.15) is 47.7 Å². The van der Waals surface area contributed by atoms with Crippen molar-refractivity contribution in [2.75, 3.05) is 176 Å². The van der Waals surface area contributed by atoms with E-state index in [-0.39, 0.29) is 76.5 Å². The molecular weight excluding hydrogens is 1900 g/mol. The number of hydrogen-bond donors (Lipinski definition) is 10. The van der Waals surface area contributed by atoms with Crippen LogP contribution >= 0.6 is 45.9 Å². The van der Waals surface area contributed by atoms with Gasteiger partial charge in [0.05, 0.1) is 73.6 Å². The van der Waals surface area contributed by atoms with Crippen LogP contribution in [0.5, 0.6) is 11.5 Å². The number of urea groups is 2. The van der Waals surface area contributed by atoms with E-state index in [1.54, 1.807) is 28.1 Å². The summed E-state index contributed by atoms with van der Waals surface area (Å²) in [7, 11) is 3.28. The van der Waals surface area contributed by atoms with Gasteiger partial charge < -0.3 is 79.5 Å². The number of aldehydes is 2. The Balaban J connectivity index is 0.000000271. The van der Waals surface area contributed by atoms with Crippen molar-refractivity contribution in [3.63, 3.8) is 0 Å². The molecule has 6 aromatic carbocycles. The molecule has 0 saturated carbocycles. The van der Waals surface area contributed by atoms with Gasteiger partial charge >= 0.3 is 24.2 Å². The van der Waals surface area contributed by atoms with Crippen LogP contribution in [0.1, 0.15) is 126 Å². The van der Waals surface area contributed by atoms with Crippen molar-refractivity contribution in [1.82, 2.24) is 51.2 Å². The van der Waals surface area contributed by atoms with E-state index < -0.39 is 24.2 Å². The first-order valence-electron chi connectivity index (χ1n) is 46.3. The Hall–Kier alpha value is -13.6. The molecule has 10 N–H and O–H groups in total. The molecule has 0 saturated heterocycles. The fraction of sp³-hybridized carbons (Fsp3) is 0.429. The number of H-pyrrole nitrogens is 2. The van der Waals surface area contributed by atoms with E-state index >= 15 is 0 Å². The number of anilines is 6. The van der Waals surface area contributed by atoms with Gasteiger partial charge in [-0.2, -0.15) is 20.5 Å². The number of aliphatic hydroxyl groups is 2. The van der Waals surface area contributed by atoms with Crippen LogP contribution in [0.15, 0.2) is 208 Å². The summed E-state index contributed by atoms with van der Waals surface area (Å²) in [5.74, 6) is 2.30. The number of methoxy groups -OCH3 is 2. The number of nitrogens with zero attached hydrogens (tertiary/aromatic N) is 16. The Morgan fingerprint density at radius 3 is 1.01 bits per heavy atom. The highest BCUT2D eigenvalue weighted by atomic mass is 35.5. The molecule has 40 nitrogen and oxygen atoms in total. The molecule has 4 aromatic heterocycles. The van der Waals surface area contributed by atoms with Crippen LogP contribution in [-0.2, 0) is 18.9 Å². The third-order valence-electron chi connectivity index (χ3n) is 20.8. The summed E-state index contributed by atoms with van der Waals surface area (Å²) >= 11 is 13.8. The lowest BCUT2D eigenvalue weighted by atomic mass is 9.82. The lowest BCUT2D eigenvalue weighted by molar-refractivity contribution is 0.111. The second kappa shape index (κ2) is 62.5. The van der Waals surface area contributed by atoms with E-state index in [2.05, 4.69) is 171 Å². The Bertz CT molecular complexity index is 5740. The number of amides is 6. The minimum Gasteiger partial charge on any atom is -0.491 e. The zero-order valence-electron chi connectivity index (χ0n) is 82.6. The highest BCUT2D eigenvalue weighted by Gasteiger charge is 2.25. The van der Waals surface area contributed by atoms with Gasteiger partial charge in [-0.1, -0.05) is 87.4 Å². The summed E-state index contributed by atoms with van der Waals surface area (Å²) in [5, 5.41) is 68.8. The van der Waals surface area contributed by atoms with Gasteiger partial charge in [0.2, 0.25) is 22.2 Å². The van der Waals surface area contributed by atoms with E-state index in [9.17, 15) is 38.4 Å². The van der Waals surface area contributed by atoms with E-state index in [4.69, 9.17) is 61.8 Å². The van der Waals surface area contributed by atoms with Gasteiger partial charge in [-0.3, -0.25) is 39.8 Å². The van der Waals surface area contributed by atoms with Crippen LogP contribution in [0.2, 0.25) is 10.3 Å². The van der Waals surface area contributed by atoms with Crippen molar-refractivity contribution >= 4 is 162 Å². The van der Waals surface area contributed by atoms with E-state index in [1.165, 1.54) is 12.1 Å². The number of aliphatic hydroxyl groups excluding tert-OH is 2. The van der Waals surface area contributed by atoms with Gasteiger partial charge in [-0.05, 0) is 235 Å². The first-order chi connectivity index (χ1) is 68.3. The van der Waals surface area contributed by atoms with Gasteiger partial charge in [-0.15, -0.1) is 20.5 Å². The number of rotatable bonds is 52. The number of likely N-dealkylation sites (N-methyl/N-ethyl adjacent to an activating group) is 4. The van der Waals surface area contributed by atoms with Gasteiger partial charge in [-0.25, -0.2) is 39.1 Å². The third-order valence-corrected chi connectivity index (χ3v) is 23.4. The van der Waals surface area contributed by atoms with Crippen molar-refractivity contribution in [1.29, 1.82) is 0 Å². The smallest absolute Gasteiger partial charge is 0.407 e. The van der Waals surface area contributed by atoms with Crippen LogP contribution in [0, 0.1) is 36.5 Å². The zero-order valence-corrected chi connectivity index (χ0v) is 85.8. The minimum atomic E-state index is -0.473. The molecule has 2 unspecified atom stereocenters. The summed E-state index contributed by atoms with van der Waals surface area (Å²) in [5.41, 5.74) is 8.24. The van der Waals surface area contributed by atoms with E-state index in [0.29, 0.717) is 147 Å². The molecular formula is C98H130Cl2N24O16S2. The Labute approximate surface area is 844 Å². The molecule has 0 aliphatic heterocycles. The van der Waals surface area contributed by atoms with Crippen molar-refractivity contribution in [3.05, 3.63) is 210 Å². The van der Waals surface area contributed by atoms with Crippen LogP contribution in [-0.4, -0.2) is 223 Å². The summed E-state index contributed by atoms with van der Waals surface area (Å²) in [4.78, 5) is 124. The number of hydrogen-bond acceptors (Lipinski definition) is 34. The number of ether oxygens (including phenoxy) is 6. The molecule has 10 aromatic rings. The number of halogens is 2. The van der Waals surface area contributed by atoms with Crippen molar-refractivity contribution in [2.24, 2.45) is 63.6 Å². The number of nitrogens with one attached hydrogen (secondary N) is 8. The Morgan fingerprint density at radius 2 is 0.732 bits per heavy atom. The predicted molar refractivity (Wildman–Crippen MR) is 557 cm³/mol. The number of carbonyl (C=O) groups excluding carboxylic acids is 6. The van der Waals surface area contributed by atoms with Crippen molar-refractivity contribution < 1.29 is 67.4 Å². The average molecular weight is 2040 g/mol. The second-order valence-corrected chi connectivity index (χ2v) is 36.3. The molecule has 44 heteroatoms. The van der Waals surface area contributed by atoms with Gasteiger partial charge in [0.25, 0.3) is 11.1 Å². The molecule has 142 heavy (non-hydrogen) atoms. The summed E-state index contributed by atoms with van der Waals surface area (Å²) in [6, 6.07) is 47.1. The number of aryl methyl sites for hydroxylation is 2. The molecule has 0 bridgehead atoms. The lowest BCUT2D eigenvalue weighted by Gasteiger charge is -2.28. The van der Waals surface area contributed by atoms with Crippen molar-refractivity contribution in [2.45, 2.75) is 109 Å². The maximum Gasteiger partial charge on any atom is 0.407 e. The summed E-state index contributed by atoms with van der Waals surface area (Å²) in [6.07, 6.45) is 3.51. The van der Waals surface area contributed by atoms with Crippen LogP contribution in [0.25, 0.3) is 0 Å². The fourth-order valence-corrected chi connectivity index (χ4v) is 15.7. The quantitative estimate of drug-likeness (QED) is 0.00961. The standard InChI is InChI=1S/C35H50N8O6.C30H40ClN9O5S.C19H25N3O3.C14H15ClN4O2S/c1-7-43(29-12-8-27(9-13-29)41-42-28-10-14-30(15-11-28)48-21-20-47-6)18-19-49-34(46)36-17-16-25(2)23-35(4,5)24-37-33(45)40-32-38-26(3)22-31(44)39-32;1-6-40(22-9-7-21(8-10-22)38-39-28-36-25(31)23(17-41)46-28)13-14-45-29(44)32-12-11-19(2)16-30(4,5)18-33-27(43)37-26-34-20(3)15-24(42)35-26;1-3-22(12-13-23)18-8-4-16(5-9-18)20-21-17-6-10-19(11-7-17)25-15-14-24-2;1-2-19(7-8-20)11-5-3-10(4-6-11)17-18-14-16-13(15)12(9-21)22-14/h8-15,22,25H,7,16-21,23-24H2,1-6H3,(H,36,46)(H3,37,38,39,40,44,45);7-10,15,17,19H,6,11-14,16,18H2,1-5H3,(H,32,44)(H3,33,34,35,37,42,43);4-11,23H,3,12-15H2,1-2H3;3-6,9,20H,2,7-8H2,1H3. The van der Waals surface area contributed by atoms with Crippen LogP contribution in [0.4, 0.5) is 98.2 Å². The number of aromatic nitrogens is 6. The topological polar surface area (TPSA) is 500 Å². The first kappa shape index (κ1) is 115.